The van der Waals surface area contributed by atoms with Gasteiger partial charge in [-0.2, -0.15) is 16.1 Å². The molecule has 1 aromatic carbocycles. The lowest BCUT2D eigenvalue weighted by molar-refractivity contribution is 0.349. The van der Waals surface area contributed by atoms with Gasteiger partial charge in [0.15, 0.2) is 0 Å². The summed E-state index contributed by atoms with van der Waals surface area (Å²) in [6.07, 6.45) is 1.76. The summed E-state index contributed by atoms with van der Waals surface area (Å²) < 4.78 is 32.1. The van der Waals surface area contributed by atoms with Crippen LogP contribution in [0.2, 0.25) is 0 Å². The number of nitrogens with zero attached hydrogens (tertiary/aromatic N) is 1. The van der Waals surface area contributed by atoms with Gasteiger partial charge in [0.05, 0.1) is 4.90 Å². The van der Waals surface area contributed by atoms with Crippen molar-refractivity contribution in [2.45, 2.75) is 23.8 Å². The van der Waals surface area contributed by atoms with Gasteiger partial charge in [0.2, 0.25) is 10.0 Å². The molecule has 2 aromatic rings. The van der Waals surface area contributed by atoms with Gasteiger partial charge in [-0.3, -0.25) is 0 Å². The second-order valence-electron chi connectivity index (χ2n) is 5.32. The van der Waals surface area contributed by atoms with Gasteiger partial charge in [-0.1, -0.05) is 0 Å². The predicted octanol–water partition coefficient (Wildman–Crippen LogP) is 2.31. The molecule has 1 aromatic heterocycles. The minimum Gasteiger partial charge on any atom is -0.423 e. The summed E-state index contributed by atoms with van der Waals surface area (Å²) in [6.45, 7) is 0. The van der Waals surface area contributed by atoms with Crippen molar-refractivity contribution in [1.29, 1.82) is 0 Å². The third kappa shape index (κ3) is 2.93. The standard InChI is InChI=1S/C15H17NO4S2/c1-16(12-6-8-21-9-7-12)22(18,19)13-3-4-14-11(10-13)2-5-15(17)20-14/h2-5,10,12H,6-9H2,1H3. The Kier molecular flexibility index (Phi) is 4.29. The molecular weight excluding hydrogens is 322 g/mol. The lowest BCUT2D eigenvalue weighted by Crippen LogP contribution is -2.39. The van der Waals surface area contributed by atoms with E-state index in [0.717, 1.165) is 24.3 Å². The Hall–Kier alpha value is -1.31. The summed E-state index contributed by atoms with van der Waals surface area (Å²) in [4.78, 5) is 11.4. The zero-order valence-corrected chi connectivity index (χ0v) is 13.8. The highest BCUT2D eigenvalue weighted by Crippen LogP contribution is 2.27. The van der Waals surface area contributed by atoms with Gasteiger partial charge in [-0.25, -0.2) is 13.2 Å². The molecule has 0 unspecified atom stereocenters. The van der Waals surface area contributed by atoms with E-state index < -0.39 is 15.6 Å². The van der Waals surface area contributed by atoms with Gasteiger partial charge >= 0.3 is 5.63 Å². The lowest BCUT2D eigenvalue weighted by atomic mass is 10.2. The number of thioether (sulfide) groups is 1. The molecule has 1 saturated heterocycles. The third-order valence-electron chi connectivity index (χ3n) is 3.97. The average Bonchev–Trinajstić information content (AvgIpc) is 2.54. The molecule has 5 nitrogen and oxygen atoms in total. The van der Waals surface area contributed by atoms with E-state index in [-0.39, 0.29) is 10.9 Å². The molecule has 22 heavy (non-hydrogen) atoms. The van der Waals surface area contributed by atoms with Crippen LogP contribution >= 0.6 is 11.8 Å². The van der Waals surface area contributed by atoms with Crippen molar-refractivity contribution < 1.29 is 12.8 Å². The highest BCUT2D eigenvalue weighted by Gasteiger charge is 2.29. The first-order valence-corrected chi connectivity index (χ1v) is 9.68. The Morgan fingerprint density at radius 2 is 1.91 bits per heavy atom. The van der Waals surface area contributed by atoms with Crippen molar-refractivity contribution in [2.24, 2.45) is 0 Å². The van der Waals surface area contributed by atoms with Gasteiger partial charge in [-0.15, -0.1) is 0 Å². The molecule has 0 amide bonds. The van der Waals surface area contributed by atoms with E-state index in [0.29, 0.717) is 11.0 Å². The molecule has 0 aliphatic carbocycles. The Morgan fingerprint density at radius 3 is 2.64 bits per heavy atom. The Balaban J connectivity index is 1.97. The highest BCUT2D eigenvalue weighted by atomic mass is 32.2. The molecule has 3 rings (SSSR count). The minimum atomic E-state index is -3.54. The second kappa shape index (κ2) is 6.06. The van der Waals surface area contributed by atoms with Crippen LogP contribution in [0.4, 0.5) is 0 Å². The zero-order chi connectivity index (χ0) is 15.7. The second-order valence-corrected chi connectivity index (χ2v) is 8.54. The summed E-state index contributed by atoms with van der Waals surface area (Å²) in [5.74, 6) is 1.99. The molecule has 118 valence electrons. The van der Waals surface area contributed by atoms with E-state index in [1.54, 1.807) is 19.2 Å². The van der Waals surface area contributed by atoms with Crippen LogP contribution in [-0.4, -0.2) is 37.3 Å². The van der Waals surface area contributed by atoms with Crippen molar-refractivity contribution in [2.75, 3.05) is 18.6 Å². The number of benzene rings is 1. The predicted molar refractivity (Wildman–Crippen MR) is 87.8 cm³/mol. The van der Waals surface area contributed by atoms with Crippen LogP contribution in [-0.2, 0) is 10.0 Å². The summed E-state index contributed by atoms with van der Waals surface area (Å²) in [5, 5.41) is 0.605. The van der Waals surface area contributed by atoms with Gasteiger partial charge in [-0.05, 0) is 48.6 Å². The summed E-state index contributed by atoms with van der Waals surface area (Å²) >= 11 is 1.86. The first-order valence-electron chi connectivity index (χ1n) is 7.08. The fraction of sp³-hybridized carbons (Fsp3) is 0.400. The molecule has 0 atom stereocenters. The fourth-order valence-corrected chi connectivity index (χ4v) is 5.16. The molecule has 0 saturated carbocycles. The zero-order valence-electron chi connectivity index (χ0n) is 12.2. The van der Waals surface area contributed by atoms with E-state index in [1.165, 1.54) is 22.5 Å². The van der Waals surface area contributed by atoms with Crippen LogP contribution < -0.4 is 5.63 Å². The SMILES string of the molecule is CN(C1CCSCC1)S(=O)(=O)c1ccc2oc(=O)ccc2c1. The number of hydrogen-bond acceptors (Lipinski definition) is 5. The first-order chi connectivity index (χ1) is 10.5. The van der Waals surface area contributed by atoms with Crippen LogP contribution in [0.3, 0.4) is 0 Å². The van der Waals surface area contributed by atoms with Crippen molar-refractivity contribution in [3.8, 4) is 0 Å². The van der Waals surface area contributed by atoms with Gasteiger partial charge in [0, 0.05) is 24.5 Å². The minimum absolute atomic E-state index is 0.0515. The van der Waals surface area contributed by atoms with Gasteiger partial charge < -0.3 is 4.42 Å². The highest BCUT2D eigenvalue weighted by molar-refractivity contribution is 7.99. The van der Waals surface area contributed by atoms with Crippen molar-refractivity contribution in [1.82, 2.24) is 4.31 Å². The maximum absolute atomic E-state index is 12.8. The number of fused-ring (bicyclic) bond motifs is 1. The van der Waals surface area contributed by atoms with E-state index in [1.807, 2.05) is 11.8 Å². The topological polar surface area (TPSA) is 67.6 Å². The molecule has 2 heterocycles. The van der Waals surface area contributed by atoms with Crippen molar-refractivity contribution in [3.63, 3.8) is 0 Å². The first kappa shape index (κ1) is 15.6. The maximum atomic E-state index is 12.8. The Bertz CT molecular complexity index is 838. The van der Waals surface area contributed by atoms with Crippen LogP contribution in [0.1, 0.15) is 12.8 Å². The lowest BCUT2D eigenvalue weighted by Gasteiger charge is -2.30. The maximum Gasteiger partial charge on any atom is 0.336 e. The fourth-order valence-electron chi connectivity index (χ4n) is 2.62. The van der Waals surface area contributed by atoms with E-state index in [9.17, 15) is 13.2 Å². The van der Waals surface area contributed by atoms with Crippen LogP contribution in [0.5, 0.6) is 0 Å². The van der Waals surface area contributed by atoms with E-state index in [2.05, 4.69) is 0 Å². The molecule has 0 radical (unpaired) electrons. The molecule has 0 bridgehead atoms. The average molecular weight is 339 g/mol. The molecule has 1 aliphatic heterocycles. The van der Waals surface area contributed by atoms with Crippen molar-refractivity contribution in [3.05, 3.63) is 40.8 Å². The Morgan fingerprint density at radius 1 is 1.18 bits per heavy atom. The van der Waals surface area contributed by atoms with Crippen LogP contribution in [0, 0.1) is 0 Å². The quantitative estimate of drug-likeness (QED) is 0.803. The summed E-state index contributed by atoms with van der Waals surface area (Å²) in [5.41, 5.74) is -0.0527. The van der Waals surface area contributed by atoms with Gasteiger partial charge in [0.25, 0.3) is 0 Å². The number of hydrogen-bond donors (Lipinski definition) is 0. The normalized spacial score (nSPS) is 17.2. The molecular formula is C15H17NO4S2. The molecule has 0 N–H and O–H groups in total. The molecule has 0 spiro atoms. The Labute approximate surface area is 133 Å². The molecule has 1 aliphatic rings. The monoisotopic (exact) mass is 339 g/mol. The number of sulfonamides is 1. The smallest absolute Gasteiger partial charge is 0.336 e. The van der Waals surface area contributed by atoms with Crippen LogP contribution in [0.25, 0.3) is 11.0 Å². The molecule has 1 fully saturated rings. The largest absolute Gasteiger partial charge is 0.423 e. The number of rotatable bonds is 3. The van der Waals surface area contributed by atoms with Gasteiger partial charge in [0.1, 0.15) is 5.58 Å². The van der Waals surface area contributed by atoms with E-state index in [4.69, 9.17) is 4.42 Å². The van der Waals surface area contributed by atoms with Crippen LogP contribution in [0.15, 0.2) is 44.4 Å². The van der Waals surface area contributed by atoms with E-state index >= 15 is 0 Å². The molecule has 7 heteroatoms. The summed E-state index contributed by atoms with van der Waals surface area (Å²) in [6, 6.07) is 7.51. The third-order valence-corrected chi connectivity index (χ3v) is 6.93. The van der Waals surface area contributed by atoms with Crippen molar-refractivity contribution >= 4 is 32.8 Å². The summed E-state index contributed by atoms with van der Waals surface area (Å²) in [7, 11) is -1.89.